The molecule has 0 saturated heterocycles. The average molecular weight is 439 g/mol. The highest BCUT2D eigenvalue weighted by Gasteiger charge is 2.49. The number of hydrogen-bond acceptors (Lipinski definition) is 4. The Bertz CT molecular complexity index is 1280. The molecule has 3 aromatic carbocycles. The Kier molecular flexibility index (Phi) is 5.01. The molecule has 0 aliphatic carbocycles. The zero-order valence-electron chi connectivity index (χ0n) is 18.8. The van der Waals surface area contributed by atoms with Crippen molar-refractivity contribution in [3.8, 4) is 11.1 Å². The zero-order valence-corrected chi connectivity index (χ0v) is 18.8. The Morgan fingerprint density at radius 1 is 1.00 bits per heavy atom. The molecule has 2 N–H and O–H groups in total. The third-order valence-corrected chi connectivity index (χ3v) is 6.73. The minimum Gasteiger partial charge on any atom is -0.369 e. The lowest BCUT2D eigenvalue weighted by Crippen LogP contribution is -2.41. The molecule has 0 fully saturated rings. The molecular formula is C27H26N4O2. The summed E-state index contributed by atoms with van der Waals surface area (Å²) in [6, 6.07) is 23.8. The number of benzene rings is 3. The standard InChI is InChI=1S/C27H26N4O2/c1-18(32)31-15-14-24-20(17-31)9-7-13-23(24)19-8-6-12-22(16-19)27(21-10-4-3-5-11-21)25(33)30(2)26(28)29-27/h3-13,16H,14-15,17H2,1-2H3,(H2,28,29). The van der Waals surface area contributed by atoms with E-state index >= 15 is 0 Å². The smallest absolute Gasteiger partial charge is 0.266 e. The molecule has 2 amide bonds. The Hall–Kier alpha value is -3.93. The van der Waals surface area contributed by atoms with E-state index < -0.39 is 5.54 Å². The van der Waals surface area contributed by atoms with Crippen LogP contribution in [0, 0.1) is 0 Å². The molecule has 0 aromatic heterocycles. The third kappa shape index (κ3) is 3.30. The highest BCUT2D eigenvalue weighted by molar-refractivity contribution is 6.09. The normalized spacial score (nSPS) is 19.9. The number of carbonyl (C=O) groups excluding carboxylic acids is 2. The van der Waals surface area contributed by atoms with E-state index in [0.29, 0.717) is 13.1 Å². The van der Waals surface area contributed by atoms with Gasteiger partial charge in [0, 0.05) is 27.1 Å². The molecule has 6 heteroatoms. The van der Waals surface area contributed by atoms with Gasteiger partial charge in [-0.3, -0.25) is 14.5 Å². The van der Waals surface area contributed by atoms with Crippen LogP contribution in [0.3, 0.4) is 0 Å². The Morgan fingerprint density at radius 3 is 2.42 bits per heavy atom. The van der Waals surface area contributed by atoms with E-state index in [0.717, 1.165) is 34.2 Å². The van der Waals surface area contributed by atoms with Gasteiger partial charge < -0.3 is 10.6 Å². The summed E-state index contributed by atoms with van der Waals surface area (Å²) in [4.78, 5) is 33.4. The molecule has 3 aromatic rings. The number of nitrogens with two attached hydrogens (primary N) is 1. The summed E-state index contributed by atoms with van der Waals surface area (Å²) in [5.41, 5.74) is 11.0. The van der Waals surface area contributed by atoms with E-state index in [9.17, 15) is 9.59 Å². The lowest BCUT2D eigenvalue weighted by molar-refractivity contribution is -0.130. The highest BCUT2D eigenvalue weighted by atomic mass is 16.2. The minimum atomic E-state index is -1.21. The summed E-state index contributed by atoms with van der Waals surface area (Å²) in [7, 11) is 1.66. The first kappa shape index (κ1) is 20.9. The second-order valence-electron chi connectivity index (χ2n) is 8.63. The van der Waals surface area contributed by atoms with Crippen molar-refractivity contribution in [2.75, 3.05) is 13.6 Å². The van der Waals surface area contributed by atoms with E-state index in [1.54, 1.807) is 14.0 Å². The Morgan fingerprint density at radius 2 is 1.73 bits per heavy atom. The van der Waals surface area contributed by atoms with Crippen LogP contribution in [0.4, 0.5) is 0 Å². The van der Waals surface area contributed by atoms with Crippen LogP contribution >= 0.6 is 0 Å². The number of amides is 2. The zero-order chi connectivity index (χ0) is 23.2. The van der Waals surface area contributed by atoms with Crippen LogP contribution in [0.1, 0.15) is 29.2 Å². The Balaban J connectivity index is 1.64. The molecule has 1 unspecified atom stereocenters. The van der Waals surface area contributed by atoms with Crippen molar-refractivity contribution in [3.63, 3.8) is 0 Å². The number of fused-ring (bicyclic) bond motifs is 1. The fraction of sp³-hybridized carbons (Fsp3) is 0.222. The van der Waals surface area contributed by atoms with Gasteiger partial charge in [-0.2, -0.15) is 0 Å². The molecule has 2 aliphatic rings. The van der Waals surface area contributed by atoms with Gasteiger partial charge in [0.1, 0.15) is 0 Å². The SMILES string of the molecule is CC(=O)N1CCc2c(cccc2-c2cccc(C3(c4ccccc4)N=C(N)N(C)C3=O)c2)C1. The largest absolute Gasteiger partial charge is 0.369 e. The van der Waals surface area contributed by atoms with E-state index in [1.165, 1.54) is 10.5 Å². The van der Waals surface area contributed by atoms with Crippen LogP contribution < -0.4 is 5.73 Å². The summed E-state index contributed by atoms with van der Waals surface area (Å²) in [5, 5.41) is 0. The average Bonchev–Trinajstić information content (AvgIpc) is 3.08. The van der Waals surface area contributed by atoms with Gasteiger partial charge in [-0.15, -0.1) is 0 Å². The fourth-order valence-corrected chi connectivity index (χ4v) is 4.92. The lowest BCUT2D eigenvalue weighted by Gasteiger charge is -2.30. The molecule has 5 rings (SSSR count). The summed E-state index contributed by atoms with van der Waals surface area (Å²) in [6.45, 7) is 2.94. The maximum Gasteiger partial charge on any atom is 0.266 e. The topological polar surface area (TPSA) is 79.0 Å². The van der Waals surface area contributed by atoms with Gasteiger partial charge in [-0.1, -0.05) is 66.7 Å². The summed E-state index contributed by atoms with van der Waals surface area (Å²) >= 11 is 0. The van der Waals surface area contributed by atoms with Crippen LogP contribution in [0.2, 0.25) is 0 Å². The first-order valence-corrected chi connectivity index (χ1v) is 11.1. The van der Waals surface area contributed by atoms with Gasteiger partial charge in [0.05, 0.1) is 0 Å². The van der Waals surface area contributed by atoms with Gasteiger partial charge in [0.25, 0.3) is 5.91 Å². The van der Waals surface area contributed by atoms with E-state index in [1.807, 2.05) is 59.5 Å². The second kappa shape index (κ2) is 7.89. The molecule has 33 heavy (non-hydrogen) atoms. The van der Waals surface area contributed by atoms with Gasteiger partial charge in [-0.05, 0) is 45.9 Å². The molecule has 2 heterocycles. The monoisotopic (exact) mass is 438 g/mol. The van der Waals surface area contributed by atoms with Crippen LogP contribution in [-0.4, -0.2) is 41.2 Å². The number of likely N-dealkylation sites (N-methyl/N-ethyl adjacent to an activating group) is 1. The second-order valence-corrected chi connectivity index (χ2v) is 8.63. The van der Waals surface area contributed by atoms with Gasteiger partial charge in [-0.25, -0.2) is 4.99 Å². The van der Waals surface area contributed by atoms with Gasteiger partial charge in [0.15, 0.2) is 11.5 Å². The lowest BCUT2D eigenvalue weighted by atomic mass is 9.81. The molecule has 1 atom stereocenters. The molecule has 6 nitrogen and oxygen atoms in total. The molecule has 0 spiro atoms. The molecule has 2 aliphatic heterocycles. The Labute approximate surface area is 193 Å². The van der Waals surface area contributed by atoms with Crippen molar-refractivity contribution in [2.24, 2.45) is 10.7 Å². The maximum absolute atomic E-state index is 13.5. The number of hydrogen-bond donors (Lipinski definition) is 1. The molecule has 166 valence electrons. The van der Waals surface area contributed by atoms with Crippen molar-refractivity contribution >= 4 is 17.8 Å². The van der Waals surface area contributed by atoms with Crippen LogP contribution in [0.25, 0.3) is 11.1 Å². The number of rotatable bonds is 3. The van der Waals surface area contributed by atoms with Crippen molar-refractivity contribution in [1.82, 2.24) is 9.80 Å². The molecule has 0 saturated carbocycles. The predicted molar refractivity (Wildman–Crippen MR) is 128 cm³/mol. The van der Waals surface area contributed by atoms with Crippen molar-refractivity contribution in [2.45, 2.75) is 25.4 Å². The molecule has 0 radical (unpaired) electrons. The minimum absolute atomic E-state index is 0.0946. The maximum atomic E-state index is 13.5. The van der Waals surface area contributed by atoms with E-state index in [-0.39, 0.29) is 17.8 Å². The summed E-state index contributed by atoms with van der Waals surface area (Å²) < 4.78 is 0. The molecular weight excluding hydrogens is 412 g/mol. The predicted octanol–water partition coefficient (Wildman–Crippen LogP) is 3.29. The molecule has 0 bridgehead atoms. The number of aliphatic imine (C=N–C) groups is 1. The highest BCUT2D eigenvalue weighted by Crippen LogP contribution is 2.41. The third-order valence-electron chi connectivity index (χ3n) is 6.73. The van der Waals surface area contributed by atoms with Crippen molar-refractivity contribution in [3.05, 3.63) is 95.1 Å². The van der Waals surface area contributed by atoms with E-state index in [2.05, 4.69) is 18.2 Å². The van der Waals surface area contributed by atoms with E-state index in [4.69, 9.17) is 10.7 Å². The summed E-state index contributed by atoms with van der Waals surface area (Å²) in [6.07, 6.45) is 0.798. The van der Waals surface area contributed by atoms with Crippen LogP contribution in [0.15, 0.2) is 77.8 Å². The van der Waals surface area contributed by atoms with Crippen molar-refractivity contribution in [1.29, 1.82) is 0 Å². The number of nitrogens with zero attached hydrogens (tertiary/aromatic N) is 3. The van der Waals surface area contributed by atoms with Crippen LogP contribution in [-0.2, 0) is 28.1 Å². The quantitative estimate of drug-likeness (QED) is 0.682. The fourth-order valence-electron chi connectivity index (χ4n) is 4.92. The number of guanidine groups is 1. The van der Waals surface area contributed by atoms with Gasteiger partial charge in [0.2, 0.25) is 5.91 Å². The van der Waals surface area contributed by atoms with Gasteiger partial charge >= 0.3 is 0 Å². The van der Waals surface area contributed by atoms with Crippen LogP contribution in [0.5, 0.6) is 0 Å². The first-order valence-electron chi connectivity index (χ1n) is 11.1. The number of carbonyl (C=O) groups is 2. The summed E-state index contributed by atoms with van der Waals surface area (Å²) in [5.74, 6) is 0.128. The van der Waals surface area contributed by atoms with Crippen molar-refractivity contribution < 1.29 is 9.59 Å². The first-order chi connectivity index (χ1) is 15.9.